The maximum Gasteiger partial charge on any atom is 0.325 e. The molecule has 1 saturated carbocycles. The van der Waals surface area contributed by atoms with Gasteiger partial charge >= 0.3 is 12.0 Å². The van der Waals surface area contributed by atoms with Crippen LogP contribution in [0.3, 0.4) is 0 Å². The van der Waals surface area contributed by atoms with Crippen molar-refractivity contribution in [2.75, 3.05) is 24.6 Å². The number of anilines is 1. The van der Waals surface area contributed by atoms with E-state index < -0.39 is 18.5 Å². The highest BCUT2D eigenvalue weighted by Gasteiger charge is 2.35. The number of nitrogens with zero attached hydrogens (tertiary/aromatic N) is 2. The van der Waals surface area contributed by atoms with Gasteiger partial charge in [-0.1, -0.05) is 0 Å². The van der Waals surface area contributed by atoms with E-state index in [0.717, 1.165) is 17.7 Å². The van der Waals surface area contributed by atoms with Gasteiger partial charge < -0.3 is 20.2 Å². The largest absolute Gasteiger partial charge is 0.508 e. The second kappa shape index (κ2) is 6.45. The highest BCUT2D eigenvalue weighted by Crippen LogP contribution is 2.29. The minimum atomic E-state index is -1.13. The molecular formula is C14H18N2O5. The molecule has 1 aromatic carbocycles. The van der Waals surface area contributed by atoms with Gasteiger partial charge in [0.2, 0.25) is 0 Å². The molecule has 7 nitrogen and oxygen atoms in total. The molecule has 21 heavy (non-hydrogen) atoms. The second-order valence-corrected chi connectivity index (χ2v) is 4.93. The van der Waals surface area contributed by atoms with Crippen LogP contribution < -0.4 is 4.90 Å². The molecule has 0 aromatic heterocycles. The van der Waals surface area contributed by atoms with E-state index >= 15 is 0 Å². The first-order valence-electron chi connectivity index (χ1n) is 6.72. The van der Waals surface area contributed by atoms with Crippen LogP contribution in [0.5, 0.6) is 5.75 Å². The van der Waals surface area contributed by atoms with Gasteiger partial charge in [-0.15, -0.1) is 0 Å². The van der Waals surface area contributed by atoms with E-state index in [1.807, 2.05) is 0 Å². The number of phenols is 1. The molecular weight excluding hydrogens is 276 g/mol. The number of carbonyl (C=O) groups is 2. The van der Waals surface area contributed by atoms with Crippen LogP contribution in [0.25, 0.3) is 0 Å². The quantitative estimate of drug-likeness (QED) is 0.722. The Morgan fingerprint density at radius 2 is 1.81 bits per heavy atom. The van der Waals surface area contributed by atoms with Crippen LogP contribution in [-0.4, -0.2) is 58.0 Å². The first-order valence-corrected chi connectivity index (χ1v) is 6.72. The van der Waals surface area contributed by atoms with Crippen molar-refractivity contribution in [3.63, 3.8) is 0 Å². The van der Waals surface area contributed by atoms with Crippen molar-refractivity contribution < 1.29 is 24.9 Å². The zero-order valence-electron chi connectivity index (χ0n) is 11.5. The van der Waals surface area contributed by atoms with Crippen molar-refractivity contribution in [2.24, 2.45) is 0 Å². The molecule has 3 N–H and O–H groups in total. The van der Waals surface area contributed by atoms with Crippen molar-refractivity contribution in [2.45, 2.75) is 18.9 Å². The zero-order valence-corrected chi connectivity index (χ0v) is 11.5. The molecule has 0 aliphatic heterocycles. The van der Waals surface area contributed by atoms with Gasteiger partial charge in [0, 0.05) is 18.3 Å². The maximum absolute atomic E-state index is 12.6. The summed E-state index contributed by atoms with van der Waals surface area (Å²) < 4.78 is 0. The molecule has 0 heterocycles. The molecule has 0 bridgehead atoms. The van der Waals surface area contributed by atoms with Crippen molar-refractivity contribution in [1.82, 2.24) is 4.90 Å². The van der Waals surface area contributed by atoms with Gasteiger partial charge in [0.25, 0.3) is 0 Å². The number of aromatic hydroxyl groups is 1. The Hall–Kier alpha value is -2.28. The van der Waals surface area contributed by atoms with Gasteiger partial charge in [0.05, 0.1) is 6.61 Å². The molecule has 0 radical (unpaired) electrons. The number of amides is 2. The van der Waals surface area contributed by atoms with Crippen LogP contribution in [0.15, 0.2) is 24.3 Å². The highest BCUT2D eigenvalue weighted by molar-refractivity contribution is 5.96. The average Bonchev–Trinajstić information content (AvgIpc) is 3.27. The van der Waals surface area contributed by atoms with Gasteiger partial charge in [-0.2, -0.15) is 0 Å². The summed E-state index contributed by atoms with van der Waals surface area (Å²) in [5.74, 6) is -1.09. The molecule has 0 spiro atoms. The van der Waals surface area contributed by atoms with Crippen LogP contribution in [-0.2, 0) is 4.79 Å². The van der Waals surface area contributed by atoms with E-state index in [-0.39, 0.29) is 24.9 Å². The third kappa shape index (κ3) is 3.85. The standard InChI is InChI=1S/C14H18N2O5/c17-8-7-15(10-1-2-10)14(21)16(9-13(19)20)11-3-5-12(18)6-4-11/h3-6,10,17-18H,1-2,7-9H2,(H,19,20). The van der Waals surface area contributed by atoms with Gasteiger partial charge in [-0.3, -0.25) is 9.69 Å². The Morgan fingerprint density at radius 1 is 1.19 bits per heavy atom. The molecule has 0 atom stereocenters. The fourth-order valence-electron chi connectivity index (χ4n) is 2.12. The molecule has 1 aliphatic rings. The molecule has 1 aliphatic carbocycles. The Balaban J connectivity index is 2.23. The van der Waals surface area contributed by atoms with Crippen LogP contribution in [0.1, 0.15) is 12.8 Å². The third-order valence-corrected chi connectivity index (χ3v) is 3.26. The van der Waals surface area contributed by atoms with Gasteiger partial charge in [-0.05, 0) is 37.1 Å². The van der Waals surface area contributed by atoms with Crippen LogP contribution in [0, 0.1) is 0 Å². The smallest absolute Gasteiger partial charge is 0.325 e. The molecule has 1 aromatic rings. The monoisotopic (exact) mass is 294 g/mol. The van der Waals surface area contributed by atoms with Crippen molar-refractivity contribution in [3.8, 4) is 5.75 Å². The number of urea groups is 1. The van der Waals surface area contributed by atoms with E-state index in [1.54, 1.807) is 0 Å². The summed E-state index contributed by atoms with van der Waals surface area (Å²) in [6, 6.07) is 5.38. The number of carbonyl (C=O) groups excluding carboxylic acids is 1. The first-order chi connectivity index (χ1) is 10.0. The number of phenolic OH excluding ortho intramolecular Hbond substituents is 1. The van der Waals surface area contributed by atoms with E-state index in [4.69, 9.17) is 10.2 Å². The fraction of sp³-hybridized carbons (Fsp3) is 0.429. The Bertz CT molecular complexity index is 513. The molecule has 2 amide bonds. The van der Waals surface area contributed by atoms with Crippen molar-refractivity contribution in [3.05, 3.63) is 24.3 Å². The number of aliphatic hydroxyl groups is 1. The number of hydrogen-bond donors (Lipinski definition) is 3. The number of aliphatic carboxylic acids is 1. The second-order valence-electron chi connectivity index (χ2n) is 4.93. The fourth-order valence-corrected chi connectivity index (χ4v) is 2.12. The lowest BCUT2D eigenvalue weighted by atomic mass is 10.2. The Kier molecular flexibility index (Phi) is 4.64. The SMILES string of the molecule is O=C(O)CN(C(=O)N(CCO)C1CC1)c1ccc(O)cc1. The summed E-state index contributed by atoms with van der Waals surface area (Å²) in [7, 11) is 0. The maximum atomic E-state index is 12.6. The minimum Gasteiger partial charge on any atom is -0.508 e. The van der Waals surface area contributed by atoms with Crippen molar-refractivity contribution in [1.29, 1.82) is 0 Å². The predicted molar refractivity (Wildman–Crippen MR) is 75.3 cm³/mol. The summed E-state index contributed by atoms with van der Waals surface area (Å²) >= 11 is 0. The zero-order chi connectivity index (χ0) is 15.4. The number of carboxylic acid groups (broad SMARTS) is 1. The Morgan fingerprint density at radius 3 is 2.29 bits per heavy atom. The topological polar surface area (TPSA) is 101 Å². The van der Waals surface area contributed by atoms with Gasteiger partial charge in [0.15, 0.2) is 0 Å². The van der Waals surface area contributed by atoms with E-state index in [1.165, 1.54) is 29.2 Å². The first kappa shape index (κ1) is 15.1. The summed E-state index contributed by atoms with van der Waals surface area (Å²) in [5, 5.41) is 27.4. The summed E-state index contributed by atoms with van der Waals surface area (Å²) in [6.07, 6.45) is 1.73. The summed E-state index contributed by atoms with van der Waals surface area (Å²) in [5.41, 5.74) is 0.392. The number of benzene rings is 1. The molecule has 2 rings (SSSR count). The van der Waals surface area contributed by atoms with Gasteiger partial charge in [0.1, 0.15) is 12.3 Å². The third-order valence-electron chi connectivity index (χ3n) is 3.26. The average molecular weight is 294 g/mol. The number of carboxylic acids is 1. The van der Waals surface area contributed by atoms with Crippen LogP contribution in [0.4, 0.5) is 10.5 Å². The van der Waals surface area contributed by atoms with Gasteiger partial charge in [-0.25, -0.2) is 4.79 Å². The molecule has 114 valence electrons. The lowest BCUT2D eigenvalue weighted by Crippen LogP contribution is -2.47. The van der Waals surface area contributed by atoms with E-state index in [2.05, 4.69) is 0 Å². The normalized spacial score (nSPS) is 13.8. The van der Waals surface area contributed by atoms with Crippen molar-refractivity contribution >= 4 is 17.7 Å². The number of rotatable bonds is 6. The summed E-state index contributed by atoms with van der Waals surface area (Å²) in [6.45, 7) is -0.464. The van der Waals surface area contributed by atoms with E-state index in [9.17, 15) is 14.7 Å². The lowest BCUT2D eigenvalue weighted by Gasteiger charge is -2.29. The molecule has 0 saturated heterocycles. The summed E-state index contributed by atoms with van der Waals surface area (Å²) in [4.78, 5) is 26.2. The molecule has 0 unspecified atom stereocenters. The molecule has 7 heteroatoms. The number of aliphatic hydroxyl groups excluding tert-OH is 1. The Labute approximate surface area is 122 Å². The minimum absolute atomic E-state index is 0.0379. The highest BCUT2D eigenvalue weighted by atomic mass is 16.4. The van der Waals surface area contributed by atoms with Crippen LogP contribution >= 0.6 is 0 Å². The number of hydrogen-bond acceptors (Lipinski definition) is 4. The van der Waals surface area contributed by atoms with Crippen LogP contribution in [0.2, 0.25) is 0 Å². The molecule has 1 fully saturated rings. The lowest BCUT2D eigenvalue weighted by molar-refractivity contribution is -0.135. The van der Waals surface area contributed by atoms with E-state index in [0.29, 0.717) is 5.69 Å². The predicted octanol–water partition coefficient (Wildman–Crippen LogP) is 0.860.